The highest BCUT2D eigenvalue weighted by atomic mass is 16.5. The van der Waals surface area contributed by atoms with Gasteiger partial charge in [-0.25, -0.2) is 4.79 Å². The van der Waals surface area contributed by atoms with Gasteiger partial charge in [-0.05, 0) is 35.9 Å². The van der Waals surface area contributed by atoms with Crippen LogP contribution in [0.3, 0.4) is 0 Å². The predicted molar refractivity (Wildman–Crippen MR) is 94.4 cm³/mol. The molecule has 0 fully saturated rings. The van der Waals surface area contributed by atoms with Crippen LogP contribution in [0.4, 0.5) is 5.69 Å². The molecule has 6 heteroatoms. The number of carbonyl (C=O) groups is 1. The van der Waals surface area contributed by atoms with Crippen molar-refractivity contribution in [3.8, 4) is 11.5 Å². The molecule has 0 spiro atoms. The van der Waals surface area contributed by atoms with Crippen LogP contribution < -0.4 is 14.8 Å². The minimum absolute atomic E-state index is 0.197. The van der Waals surface area contributed by atoms with Gasteiger partial charge in [0.1, 0.15) is 5.58 Å². The number of hydrogen-bond acceptors (Lipinski definition) is 6. The number of rotatable bonds is 6. The molecule has 0 aliphatic rings. The quantitative estimate of drug-likeness (QED) is 0.687. The van der Waals surface area contributed by atoms with Crippen LogP contribution >= 0.6 is 0 Å². The van der Waals surface area contributed by atoms with Gasteiger partial charge < -0.3 is 23.9 Å². The van der Waals surface area contributed by atoms with Crippen molar-refractivity contribution in [2.45, 2.75) is 6.54 Å². The number of esters is 1. The maximum atomic E-state index is 11.5. The van der Waals surface area contributed by atoms with E-state index in [0.29, 0.717) is 23.6 Å². The summed E-state index contributed by atoms with van der Waals surface area (Å²) in [6.45, 7) is 0.615. The van der Waals surface area contributed by atoms with Crippen LogP contribution in [0.15, 0.2) is 46.9 Å². The number of benzene rings is 2. The molecule has 0 unspecified atom stereocenters. The lowest BCUT2D eigenvalue weighted by molar-refractivity contribution is 0.0567. The van der Waals surface area contributed by atoms with Gasteiger partial charge in [0.15, 0.2) is 11.5 Å². The Morgan fingerprint density at radius 3 is 2.52 bits per heavy atom. The molecule has 25 heavy (non-hydrogen) atoms. The Kier molecular flexibility index (Phi) is 4.79. The van der Waals surface area contributed by atoms with E-state index in [4.69, 9.17) is 13.9 Å². The minimum atomic E-state index is -0.485. The maximum Gasteiger partial charge on any atom is 0.373 e. The van der Waals surface area contributed by atoms with E-state index in [0.717, 1.165) is 16.6 Å². The van der Waals surface area contributed by atoms with E-state index < -0.39 is 5.97 Å². The Labute approximate surface area is 145 Å². The first-order valence-electron chi connectivity index (χ1n) is 7.71. The first-order valence-corrected chi connectivity index (χ1v) is 7.71. The second-order valence-electron chi connectivity index (χ2n) is 5.40. The molecule has 3 rings (SSSR count). The summed E-state index contributed by atoms with van der Waals surface area (Å²) in [7, 11) is 4.54. The fourth-order valence-electron chi connectivity index (χ4n) is 2.55. The molecule has 0 saturated carbocycles. The van der Waals surface area contributed by atoms with Crippen molar-refractivity contribution in [2.24, 2.45) is 0 Å². The smallest absolute Gasteiger partial charge is 0.373 e. The molecule has 1 aromatic heterocycles. The summed E-state index contributed by atoms with van der Waals surface area (Å²) >= 11 is 0. The van der Waals surface area contributed by atoms with E-state index >= 15 is 0 Å². The van der Waals surface area contributed by atoms with Crippen molar-refractivity contribution >= 4 is 22.6 Å². The standard InChI is InChI=1S/C19H19NO5/c1-22-16-7-5-14(10-17(16)23-2)20-11-12-4-6-15-13(8-12)9-18(25-15)19(21)24-3/h4-10,20H,11H2,1-3H3. The van der Waals surface area contributed by atoms with E-state index in [9.17, 15) is 4.79 Å². The van der Waals surface area contributed by atoms with Gasteiger partial charge >= 0.3 is 5.97 Å². The molecule has 0 bridgehead atoms. The van der Waals surface area contributed by atoms with Gasteiger partial charge in [0.05, 0.1) is 21.3 Å². The zero-order chi connectivity index (χ0) is 17.8. The van der Waals surface area contributed by atoms with Gasteiger partial charge in [0, 0.05) is 23.7 Å². The molecular weight excluding hydrogens is 322 g/mol. The summed E-state index contributed by atoms with van der Waals surface area (Å²) in [5.41, 5.74) is 2.62. The van der Waals surface area contributed by atoms with Gasteiger partial charge in [0.25, 0.3) is 0 Å². The summed E-state index contributed by atoms with van der Waals surface area (Å²) in [5, 5.41) is 4.19. The summed E-state index contributed by atoms with van der Waals surface area (Å²) in [6, 6.07) is 13.1. The first-order chi connectivity index (χ1) is 12.1. The van der Waals surface area contributed by atoms with E-state index in [1.54, 1.807) is 20.3 Å². The lowest BCUT2D eigenvalue weighted by Crippen LogP contribution is -2.00. The highest BCUT2D eigenvalue weighted by Gasteiger charge is 2.12. The normalized spacial score (nSPS) is 10.5. The number of methoxy groups -OCH3 is 3. The molecule has 2 aromatic carbocycles. The fourth-order valence-corrected chi connectivity index (χ4v) is 2.55. The number of hydrogen-bond donors (Lipinski definition) is 1. The molecule has 0 aliphatic carbocycles. The number of ether oxygens (including phenoxy) is 3. The van der Waals surface area contributed by atoms with E-state index in [2.05, 4.69) is 10.1 Å². The molecule has 1 heterocycles. The number of carbonyl (C=O) groups excluding carboxylic acids is 1. The zero-order valence-corrected chi connectivity index (χ0v) is 14.3. The van der Waals surface area contributed by atoms with Gasteiger partial charge in [0.2, 0.25) is 5.76 Å². The van der Waals surface area contributed by atoms with Crippen molar-refractivity contribution in [3.05, 3.63) is 53.8 Å². The first kappa shape index (κ1) is 16.7. The molecular formula is C19H19NO5. The summed E-state index contributed by atoms with van der Waals surface area (Å²) in [6.07, 6.45) is 0. The van der Waals surface area contributed by atoms with Crippen molar-refractivity contribution in [1.82, 2.24) is 0 Å². The Balaban J connectivity index is 1.76. The molecule has 0 aliphatic heterocycles. The van der Waals surface area contributed by atoms with Gasteiger partial charge in [-0.2, -0.15) is 0 Å². The van der Waals surface area contributed by atoms with Crippen molar-refractivity contribution in [2.75, 3.05) is 26.6 Å². The predicted octanol–water partition coefficient (Wildman–Crippen LogP) is 3.85. The third-order valence-electron chi connectivity index (χ3n) is 3.85. The molecule has 3 aromatic rings. The van der Waals surface area contributed by atoms with Crippen LogP contribution in [0.25, 0.3) is 11.0 Å². The van der Waals surface area contributed by atoms with Crippen molar-refractivity contribution < 1.29 is 23.4 Å². The minimum Gasteiger partial charge on any atom is -0.493 e. The van der Waals surface area contributed by atoms with Gasteiger partial charge in [-0.1, -0.05) is 6.07 Å². The van der Waals surface area contributed by atoms with Crippen molar-refractivity contribution in [3.63, 3.8) is 0 Å². The Bertz CT molecular complexity index is 900. The summed E-state index contributed by atoms with van der Waals surface area (Å²) < 4.78 is 20.7. The van der Waals surface area contributed by atoms with Crippen LogP contribution in [-0.4, -0.2) is 27.3 Å². The largest absolute Gasteiger partial charge is 0.493 e. The Hall–Kier alpha value is -3.15. The Morgan fingerprint density at radius 1 is 1.00 bits per heavy atom. The molecule has 1 N–H and O–H groups in total. The number of fused-ring (bicyclic) bond motifs is 1. The van der Waals surface area contributed by atoms with Crippen LogP contribution in [0.1, 0.15) is 16.1 Å². The highest BCUT2D eigenvalue weighted by Crippen LogP contribution is 2.30. The van der Waals surface area contributed by atoms with Gasteiger partial charge in [-0.15, -0.1) is 0 Å². The molecule has 6 nitrogen and oxygen atoms in total. The molecule has 130 valence electrons. The maximum absolute atomic E-state index is 11.5. The lowest BCUT2D eigenvalue weighted by atomic mass is 10.1. The van der Waals surface area contributed by atoms with Crippen LogP contribution in [-0.2, 0) is 11.3 Å². The fraction of sp³-hybridized carbons (Fsp3) is 0.211. The monoisotopic (exact) mass is 341 g/mol. The van der Waals surface area contributed by atoms with Crippen LogP contribution in [0, 0.1) is 0 Å². The Morgan fingerprint density at radius 2 is 1.80 bits per heavy atom. The number of anilines is 1. The second-order valence-corrected chi connectivity index (χ2v) is 5.40. The molecule has 0 amide bonds. The summed E-state index contributed by atoms with van der Waals surface area (Å²) in [5.74, 6) is 1.06. The average molecular weight is 341 g/mol. The second kappa shape index (κ2) is 7.17. The third kappa shape index (κ3) is 3.52. The van der Waals surface area contributed by atoms with E-state index in [1.165, 1.54) is 7.11 Å². The number of furan rings is 1. The topological polar surface area (TPSA) is 69.9 Å². The average Bonchev–Trinajstić information content (AvgIpc) is 3.08. The SMILES string of the molecule is COC(=O)c1cc2cc(CNc3ccc(OC)c(OC)c3)ccc2o1. The number of nitrogens with one attached hydrogen (secondary N) is 1. The highest BCUT2D eigenvalue weighted by molar-refractivity contribution is 5.92. The van der Waals surface area contributed by atoms with Crippen molar-refractivity contribution in [1.29, 1.82) is 0 Å². The molecule has 0 atom stereocenters. The van der Waals surface area contributed by atoms with Crippen LogP contribution in [0.5, 0.6) is 11.5 Å². The zero-order valence-electron chi connectivity index (χ0n) is 14.3. The molecule has 0 saturated heterocycles. The molecule has 0 radical (unpaired) electrons. The van der Waals surface area contributed by atoms with E-state index in [-0.39, 0.29) is 5.76 Å². The summed E-state index contributed by atoms with van der Waals surface area (Å²) in [4.78, 5) is 11.5. The van der Waals surface area contributed by atoms with Crippen LogP contribution in [0.2, 0.25) is 0 Å². The third-order valence-corrected chi connectivity index (χ3v) is 3.85. The van der Waals surface area contributed by atoms with Gasteiger partial charge in [-0.3, -0.25) is 0 Å². The van der Waals surface area contributed by atoms with E-state index in [1.807, 2.05) is 36.4 Å². The lowest BCUT2D eigenvalue weighted by Gasteiger charge is -2.11.